The van der Waals surface area contributed by atoms with Gasteiger partial charge in [0.25, 0.3) is 5.91 Å². The van der Waals surface area contributed by atoms with Crippen LogP contribution in [0.3, 0.4) is 0 Å². The van der Waals surface area contributed by atoms with Crippen LogP contribution in [0.15, 0.2) is 53.0 Å². The van der Waals surface area contributed by atoms with Gasteiger partial charge in [0.15, 0.2) is 6.61 Å². The lowest BCUT2D eigenvalue weighted by Crippen LogP contribution is -2.31. The molecule has 0 aliphatic heterocycles. The number of rotatable bonds is 5. The lowest BCUT2D eigenvalue weighted by molar-refractivity contribution is -0.120. The van der Waals surface area contributed by atoms with E-state index in [1.807, 2.05) is 30.3 Å². The van der Waals surface area contributed by atoms with Crippen molar-refractivity contribution in [1.82, 2.24) is 0 Å². The van der Waals surface area contributed by atoms with Crippen LogP contribution in [-0.4, -0.2) is 25.8 Å². The number of aldehydes is 1. The predicted molar refractivity (Wildman–Crippen MR) is 84.9 cm³/mol. The summed E-state index contributed by atoms with van der Waals surface area (Å²) in [5.74, 6) is 0.364. The van der Waals surface area contributed by atoms with E-state index in [2.05, 4.69) is 15.9 Å². The van der Waals surface area contributed by atoms with E-state index in [4.69, 9.17) is 4.74 Å². The molecule has 0 unspecified atom stereocenters. The first kappa shape index (κ1) is 15.3. The topological polar surface area (TPSA) is 46.6 Å². The zero-order chi connectivity index (χ0) is 15.2. The molecule has 2 aromatic rings. The summed E-state index contributed by atoms with van der Waals surface area (Å²) in [4.78, 5) is 24.3. The summed E-state index contributed by atoms with van der Waals surface area (Å²) >= 11 is 3.31. The van der Waals surface area contributed by atoms with Gasteiger partial charge in [-0.3, -0.25) is 9.59 Å². The second-order valence-corrected chi connectivity index (χ2v) is 5.24. The van der Waals surface area contributed by atoms with Crippen molar-refractivity contribution in [2.24, 2.45) is 0 Å². The van der Waals surface area contributed by atoms with E-state index >= 15 is 0 Å². The minimum atomic E-state index is -0.160. The highest BCUT2D eigenvalue weighted by atomic mass is 79.9. The number of halogens is 1. The third kappa shape index (κ3) is 3.92. The Morgan fingerprint density at radius 1 is 1.24 bits per heavy atom. The number of hydrogen-bond donors (Lipinski definition) is 0. The van der Waals surface area contributed by atoms with Crippen LogP contribution >= 0.6 is 15.9 Å². The van der Waals surface area contributed by atoms with Gasteiger partial charge in [-0.05, 0) is 46.3 Å². The molecular formula is C16H14BrNO3. The summed E-state index contributed by atoms with van der Waals surface area (Å²) in [6.07, 6.45) is 0.753. The van der Waals surface area contributed by atoms with E-state index in [-0.39, 0.29) is 12.5 Å². The van der Waals surface area contributed by atoms with Gasteiger partial charge in [0.2, 0.25) is 0 Å². The first-order chi connectivity index (χ1) is 10.1. The molecule has 0 aliphatic carbocycles. The Kier molecular flexibility index (Phi) is 5.11. The van der Waals surface area contributed by atoms with Crippen molar-refractivity contribution in [3.05, 3.63) is 58.6 Å². The van der Waals surface area contributed by atoms with Crippen LogP contribution in [0.25, 0.3) is 0 Å². The van der Waals surface area contributed by atoms with Gasteiger partial charge in [-0.1, -0.05) is 18.2 Å². The van der Waals surface area contributed by atoms with Crippen molar-refractivity contribution in [2.75, 3.05) is 18.6 Å². The smallest absolute Gasteiger partial charge is 0.264 e. The largest absolute Gasteiger partial charge is 0.483 e. The van der Waals surface area contributed by atoms with Crippen LogP contribution < -0.4 is 9.64 Å². The highest BCUT2D eigenvalue weighted by Gasteiger charge is 2.12. The van der Waals surface area contributed by atoms with E-state index in [0.717, 1.165) is 12.0 Å². The number of hydrogen-bond acceptors (Lipinski definition) is 3. The molecule has 0 fully saturated rings. The molecule has 0 saturated carbocycles. The average Bonchev–Trinajstić information content (AvgIpc) is 2.53. The minimum absolute atomic E-state index is 0.0789. The van der Waals surface area contributed by atoms with Crippen LogP contribution in [-0.2, 0) is 4.79 Å². The number of ether oxygens (including phenoxy) is 1. The molecule has 0 N–H and O–H groups in total. The van der Waals surface area contributed by atoms with Gasteiger partial charge in [-0.15, -0.1) is 0 Å². The fraction of sp³-hybridized carbons (Fsp3) is 0.125. The summed E-state index contributed by atoms with van der Waals surface area (Å²) < 4.78 is 6.13. The summed E-state index contributed by atoms with van der Waals surface area (Å²) in [6.45, 7) is -0.0789. The highest BCUT2D eigenvalue weighted by Crippen LogP contribution is 2.25. The van der Waals surface area contributed by atoms with Gasteiger partial charge in [0, 0.05) is 18.3 Å². The third-order valence-electron chi connectivity index (χ3n) is 2.96. The number of benzene rings is 2. The van der Waals surface area contributed by atoms with Gasteiger partial charge in [0.05, 0.1) is 4.47 Å². The summed E-state index contributed by atoms with van der Waals surface area (Å²) in [5, 5.41) is 0. The molecule has 0 atom stereocenters. The van der Waals surface area contributed by atoms with Crippen molar-refractivity contribution < 1.29 is 14.3 Å². The zero-order valence-corrected chi connectivity index (χ0v) is 13.0. The maximum Gasteiger partial charge on any atom is 0.264 e. The van der Waals surface area contributed by atoms with E-state index < -0.39 is 0 Å². The fourth-order valence-corrected chi connectivity index (χ4v) is 2.25. The second kappa shape index (κ2) is 7.04. The van der Waals surface area contributed by atoms with Crippen molar-refractivity contribution >= 4 is 33.8 Å². The molecule has 5 heteroatoms. The highest BCUT2D eigenvalue weighted by molar-refractivity contribution is 9.10. The van der Waals surface area contributed by atoms with Crippen LogP contribution in [0.1, 0.15) is 10.4 Å². The van der Waals surface area contributed by atoms with Crippen LogP contribution in [0.4, 0.5) is 5.69 Å². The maximum absolute atomic E-state index is 12.1. The van der Waals surface area contributed by atoms with Crippen molar-refractivity contribution in [2.45, 2.75) is 0 Å². The van der Waals surface area contributed by atoms with E-state index in [9.17, 15) is 9.59 Å². The summed E-state index contributed by atoms with van der Waals surface area (Å²) in [7, 11) is 1.70. The number of amides is 1. The summed E-state index contributed by atoms with van der Waals surface area (Å²) in [6, 6.07) is 14.3. The first-order valence-electron chi connectivity index (χ1n) is 6.31. The lowest BCUT2D eigenvalue weighted by atomic mass is 10.2. The average molecular weight is 348 g/mol. The Morgan fingerprint density at radius 3 is 2.57 bits per heavy atom. The van der Waals surface area contributed by atoms with Gasteiger partial charge in [0.1, 0.15) is 12.0 Å². The molecule has 0 bridgehead atoms. The monoisotopic (exact) mass is 347 g/mol. The van der Waals surface area contributed by atoms with Gasteiger partial charge in [-0.25, -0.2) is 0 Å². The molecule has 0 heterocycles. The number of likely N-dealkylation sites (N-methyl/N-ethyl adjacent to an activating group) is 1. The van der Waals surface area contributed by atoms with E-state index in [1.165, 1.54) is 4.90 Å². The normalized spacial score (nSPS) is 10.0. The molecule has 0 saturated heterocycles. The van der Waals surface area contributed by atoms with Crippen molar-refractivity contribution in [3.63, 3.8) is 0 Å². The quantitative estimate of drug-likeness (QED) is 0.779. The lowest BCUT2D eigenvalue weighted by Gasteiger charge is -2.17. The molecule has 21 heavy (non-hydrogen) atoms. The zero-order valence-electron chi connectivity index (χ0n) is 11.5. The summed E-state index contributed by atoms with van der Waals surface area (Å²) in [5.41, 5.74) is 1.35. The Hall–Kier alpha value is -2.14. The Bertz CT molecular complexity index is 643. The fourth-order valence-electron chi connectivity index (χ4n) is 1.74. The number of carbonyl (C=O) groups excluding carboxylic acids is 2. The van der Waals surface area contributed by atoms with Gasteiger partial charge in [-0.2, -0.15) is 0 Å². The molecule has 0 aliphatic rings. The van der Waals surface area contributed by atoms with Crippen molar-refractivity contribution in [3.8, 4) is 5.75 Å². The Balaban J connectivity index is 1.99. The van der Waals surface area contributed by atoms with Gasteiger partial charge >= 0.3 is 0 Å². The molecule has 1 amide bonds. The van der Waals surface area contributed by atoms with Crippen LogP contribution in [0.5, 0.6) is 5.75 Å². The van der Waals surface area contributed by atoms with Gasteiger partial charge < -0.3 is 9.64 Å². The Morgan fingerprint density at radius 2 is 1.95 bits per heavy atom. The predicted octanol–water partition coefficient (Wildman–Crippen LogP) is 3.30. The molecule has 2 rings (SSSR count). The number of nitrogens with zero attached hydrogens (tertiary/aromatic N) is 1. The molecule has 0 radical (unpaired) electrons. The number of carbonyl (C=O) groups is 2. The van der Waals surface area contributed by atoms with Crippen molar-refractivity contribution in [1.29, 1.82) is 0 Å². The molecule has 108 valence electrons. The first-order valence-corrected chi connectivity index (χ1v) is 7.10. The maximum atomic E-state index is 12.1. The van der Waals surface area contributed by atoms with Crippen LogP contribution in [0, 0.1) is 0 Å². The van der Waals surface area contributed by atoms with Crippen LogP contribution in [0.2, 0.25) is 0 Å². The standard InChI is InChI=1S/C16H14BrNO3/c1-18(13-5-3-2-4-6-13)16(20)11-21-15-8-7-12(10-19)9-14(15)17/h2-10H,11H2,1H3. The molecular weight excluding hydrogens is 334 g/mol. The van der Waals surface area contributed by atoms with E-state index in [0.29, 0.717) is 15.8 Å². The molecule has 0 spiro atoms. The molecule has 4 nitrogen and oxygen atoms in total. The minimum Gasteiger partial charge on any atom is -0.483 e. The SMILES string of the molecule is CN(C(=O)COc1ccc(C=O)cc1Br)c1ccccc1. The molecule has 0 aromatic heterocycles. The third-order valence-corrected chi connectivity index (χ3v) is 3.58. The second-order valence-electron chi connectivity index (χ2n) is 4.38. The number of para-hydroxylation sites is 1. The van der Waals surface area contributed by atoms with E-state index in [1.54, 1.807) is 25.2 Å². The number of anilines is 1. The molecule has 2 aromatic carbocycles. The Labute approximate surface area is 131 Å².